The Bertz CT molecular complexity index is 531. The number of aryl methyl sites for hydroxylation is 3. The molecular formula is C15H20N2O. The van der Waals surface area contributed by atoms with Crippen molar-refractivity contribution in [3.8, 4) is 0 Å². The lowest BCUT2D eigenvalue weighted by molar-refractivity contribution is 0.208. The third-order valence-corrected chi connectivity index (χ3v) is 3.19. The molecule has 96 valence electrons. The number of aliphatic hydroxyl groups excluding tert-OH is 1. The fourth-order valence-electron chi connectivity index (χ4n) is 2.19. The Morgan fingerprint density at radius 1 is 1.28 bits per heavy atom. The summed E-state index contributed by atoms with van der Waals surface area (Å²) in [6, 6.07) is 10.1. The highest BCUT2D eigenvalue weighted by Gasteiger charge is 2.16. The third kappa shape index (κ3) is 2.46. The van der Waals surface area contributed by atoms with E-state index in [1.54, 1.807) is 0 Å². The van der Waals surface area contributed by atoms with Gasteiger partial charge in [0.15, 0.2) is 0 Å². The molecule has 18 heavy (non-hydrogen) atoms. The Hall–Kier alpha value is -1.61. The van der Waals surface area contributed by atoms with Gasteiger partial charge in [-0.25, -0.2) is 0 Å². The van der Waals surface area contributed by atoms with E-state index >= 15 is 0 Å². The topological polar surface area (TPSA) is 38.1 Å². The minimum Gasteiger partial charge on any atom is -0.382 e. The molecule has 1 atom stereocenters. The minimum atomic E-state index is -0.599. The largest absolute Gasteiger partial charge is 0.382 e. The van der Waals surface area contributed by atoms with E-state index in [2.05, 4.69) is 24.2 Å². The first-order valence-electron chi connectivity index (χ1n) is 6.47. The van der Waals surface area contributed by atoms with Gasteiger partial charge in [0.05, 0.1) is 11.4 Å². The van der Waals surface area contributed by atoms with Gasteiger partial charge in [-0.3, -0.25) is 4.68 Å². The summed E-state index contributed by atoms with van der Waals surface area (Å²) in [6.45, 7) is 6.87. The molecule has 0 aliphatic carbocycles. The molecule has 0 fully saturated rings. The van der Waals surface area contributed by atoms with E-state index in [0.29, 0.717) is 0 Å². The molecule has 0 aliphatic heterocycles. The Labute approximate surface area is 108 Å². The molecule has 2 aromatic rings. The van der Waals surface area contributed by atoms with Gasteiger partial charge in [0.2, 0.25) is 0 Å². The van der Waals surface area contributed by atoms with Crippen LogP contribution in [0, 0.1) is 6.92 Å². The van der Waals surface area contributed by atoms with Gasteiger partial charge >= 0.3 is 0 Å². The number of nitrogens with zero attached hydrogens (tertiary/aromatic N) is 2. The van der Waals surface area contributed by atoms with Crippen molar-refractivity contribution in [2.24, 2.45) is 0 Å². The second-order valence-electron chi connectivity index (χ2n) is 4.53. The Morgan fingerprint density at radius 3 is 2.72 bits per heavy atom. The molecule has 0 aliphatic rings. The number of aliphatic hydroxyl groups is 1. The van der Waals surface area contributed by atoms with Gasteiger partial charge in [-0.15, -0.1) is 0 Å². The van der Waals surface area contributed by atoms with Gasteiger partial charge in [0.1, 0.15) is 6.10 Å². The van der Waals surface area contributed by atoms with E-state index in [9.17, 15) is 5.11 Å². The summed E-state index contributed by atoms with van der Waals surface area (Å²) in [4.78, 5) is 0. The molecule has 0 bridgehead atoms. The van der Waals surface area contributed by atoms with Crippen molar-refractivity contribution in [1.29, 1.82) is 0 Å². The van der Waals surface area contributed by atoms with Gasteiger partial charge in [0, 0.05) is 6.54 Å². The Morgan fingerprint density at radius 2 is 2.06 bits per heavy atom. The van der Waals surface area contributed by atoms with Crippen LogP contribution in [0.25, 0.3) is 0 Å². The van der Waals surface area contributed by atoms with Crippen molar-refractivity contribution in [2.75, 3.05) is 0 Å². The molecule has 0 amide bonds. The molecule has 2 rings (SSSR count). The van der Waals surface area contributed by atoms with Crippen LogP contribution in [-0.2, 0) is 13.0 Å². The van der Waals surface area contributed by atoms with Crippen LogP contribution >= 0.6 is 0 Å². The maximum absolute atomic E-state index is 10.5. The molecule has 3 nitrogen and oxygen atoms in total. The lowest BCUT2D eigenvalue weighted by Crippen LogP contribution is -2.09. The average Bonchev–Trinajstić information content (AvgIpc) is 2.79. The standard InChI is InChI=1S/C15H20N2O/c1-4-12-7-6-8-13(10-12)15(18)14-9-11(3)16-17(14)5-2/h6-10,15,18H,4-5H2,1-3H3. The first kappa shape index (κ1) is 12.8. The average molecular weight is 244 g/mol. The fraction of sp³-hybridized carbons (Fsp3) is 0.400. The summed E-state index contributed by atoms with van der Waals surface area (Å²) in [6.07, 6.45) is 0.379. The van der Waals surface area contributed by atoms with Crippen LogP contribution in [0.1, 0.15) is 42.5 Å². The van der Waals surface area contributed by atoms with Crippen molar-refractivity contribution < 1.29 is 5.11 Å². The SMILES string of the molecule is CCc1cccc(C(O)c2cc(C)nn2CC)c1. The molecule has 1 N–H and O–H groups in total. The lowest BCUT2D eigenvalue weighted by Gasteiger charge is -2.13. The monoisotopic (exact) mass is 244 g/mol. The van der Waals surface area contributed by atoms with E-state index in [-0.39, 0.29) is 0 Å². The Balaban J connectivity index is 2.37. The maximum Gasteiger partial charge on any atom is 0.121 e. The number of hydrogen-bond acceptors (Lipinski definition) is 2. The van der Waals surface area contributed by atoms with Crippen LogP contribution < -0.4 is 0 Å². The van der Waals surface area contributed by atoms with Crippen LogP contribution in [-0.4, -0.2) is 14.9 Å². The zero-order valence-electron chi connectivity index (χ0n) is 11.2. The summed E-state index contributed by atoms with van der Waals surface area (Å²) in [5, 5.41) is 14.9. The summed E-state index contributed by atoms with van der Waals surface area (Å²) < 4.78 is 1.86. The first-order chi connectivity index (χ1) is 8.65. The number of benzene rings is 1. The van der Waals surface area contributed by atoms with E-state index < -0.39 is 6.10 Å². The second-order valence-corrected chi connectivity index (χ2v) is 4.53. The third-order valence-electron chi connectivity index (χ3n) is 3.19. The molecule has 1 unspecified atom stereocenters. The van der Waals surface area contributed by atoms with Crippen LogP contribution in [0.5, 0.6) is 0 Å². The van der Waals surface area contributed by atoms with Crippen LogP contribution in [0.2, 0.25) is 0 Å². The summed E-state index contributed by atoms with van der Waals surface area (Å²) in [5.74, 6) is 0. The van der Waals surface area contributed by atoms with Crippen molar-refractivity contribution in [3.05, 3.63) is 52.8 Å². The van der Waals surface area contributed by atoms with Crippen LogP contribution in [0.4, 0.5) is 0 Å². The second kappa shape index (κ2) is 5.36. The van der Waals surface area contributed by atoms with Crippen molar-refractivity contribution >= 4 is 0 Å². The van der Waals surface area contributed by atoms with E-state index in [4.69, 9.17) is 0 Å². The van der Waals surface area contributed by atoms with Crippen molar-refractivity contribution in [2.45, 2.75) is 39.8 Å². The molecular weight excluding hydrogens is 224 g/mol. The van der Waals surface area contributed by atoms with E-state index in [0.717, 1.165) is 29.9 Å². The molecule has 1 heterocycles. The zero-order valence-corrected chi connectivity index (χ0v) is 11.2. The van der Waals surface area contributed by atoms with Gasteiger partial charge in [-0.2, -0.15) is 5.10 Å². The van der Waals surface area contributed by atoms with Crippen molar-refractivity contribution in [1.82, 2.24) is 9.78 Å². The molecule has 1 aromatic heterocycles. The van der Waals surface area contributed by atoms with Crippen LogP contribution in [0.15, 0.2) is 30.3 Å². The molecule has 0 saturated heterocycles. The van der Waals surface area contributed by atoms with Crippen molar-refractivity contribution in [3.63, 3.8) is 0 Å². The quantitative estimate of drug-likeness (QED) is 0.898. The van der Waals surface area contributed by atoms with E-state index in [1.807, 2.05) is 36.7 Å². The smallest absolute Gasteiger partial charge is 0.121 e. The van der Waals surface area contributed by atoms with Crippen LogP contribution in [0.3, 0.4) is 0 Å². The Kier molecular flexibility index (Phi) is 3.82. The zero-order chi connectivity index (χ0) is 13.1. The van der Waals surface area contributed by atoms with E-state index in [1.165, 1.54) is 5.56 Å². The van der Waals surface area contributed by atoms with Gasteiger partial charge < -0.3 is 5.11 Å². The number of rotatable bonds is 4. The fourth-order valence-corrected chi connectivity index (χ4v) is 2.19. The highest BCUT2D eigenvalue weighted by Crippen LogP contribution is 2.23. The molecule has 0 spiro atoms. The number of aromatic nitrogens is 2. The molecule has 0 saturated carbocycles. The normalized spacial score (nSPS) is 12.7. The molecule has 3 heteroatoms. The summed E-state index contributed by atoms with van der Waals surface area (Å²) in [7, 11) is 0. The summed E-state index contributed by atoms with van der Waals surface area (Å²) in [5.41, 5.74) is 3.98. The molecule has 0 radical (unpaired) electrons. The lowest BCUT2D eigenvalue weighted by atomic mass is 10.0. The summed E-state index contributed by atoms with van der Waals surface area (Å²) >= 11 is 0. The highest BCUT2D eigenvalue weighted by molar-refractivity contribution is 5.30. The van der Waals surface area contributed by atoms with Gasteiger partial charge in [0.25, 0.3) is 0 Å². The first-order valence-corrected chi connectivity index (χ1v) is 6.47. The van der Waals surface area contributed by atoms with Gasteiger partial charge in [-0.1, -0.05) is 31.2 Å². The highest BCUT2D eigenvalue weighted by atomic mass is 16.3. The molecule has 1 aromatic carbocycles. The maximum atomic E-state index is 10.5. The minimum absolute atomic E-state index is 0.599. The predicted molar refractivity (Wildman–Crippen MR) is 72.5 cm³/mol. The predicted octanol–water partition coefficient (Wildman–Crippen LogP) is 2.86. The number of hydrogen-bond donors (Lipinski definition) is 1. The van der Waals surface area contributed by atoms with Gasteiger partial charge in [-0.05, 0) is 37.5 Å².